The van der Waals surface area contributed by atoms with Crippen molar-refractivity contribution in [1.29, 1.82) is 0 Å². The molecule has 4 rings (SSSR count). The van der Waals surface area contributed by atoms with Crippen molar-refractivity contribution in [2.45, 2.75) is 13.5 Å². The average molecular weight is 370 g/mol. The Labute approximate surface area is 157 Å². The summed E-state index contributed by atoms with van der Waals surface area (Å²) >= 11 is 6.10. The number of anilines is 1. The summed E-state index contributed by atoms with van der Waals surface area (Å²) in [4.78, 5) is 16.5. The molecule has 1 aliphatic heterocycles. The summed E-state index contributed by atoms with van der Waals surface area (Å²) in [6.07, 6.45) is 1.64. The van der Waals surface area contributed by atoms with E-state index >= 15 is 0 Å². The lowest BCUT2D eigenvalue weighted by Gasteiger charge is -2.33. The molecule has 0 spiro atoms. The van der Waals surface area contributed by atoms with Gasteiger partial charge in [0.05, 0.1) is 37.1 Å². The second-order valence-corrected chi connectivity index (χ2v) is 7.42. The number of halogens is 1. The predicted molar refractivity (Wildman–Crippen MR) is 105 cm³/mol. The fraction of sp³-hybridized carbons (Fsp3) is 0.286. The van der Waals surface area contributed by atoms with Crippen molar-refractivity contribution in [3.8, 4) is 0 Å². The molecule has 0 amide bonds. The van der Waals surface area contributed by atoms with Gasteiger partial charge in [-0.05, 0) is 37.3 Å². The molecule has 1 aliphatic rings. The van der Waals surface area contributed by atoms with E-state index < -0.39 is 0 Å². The Morgan fingerprint density at radius 3 is 2.73 bits per heavy atom. The summed E-state index contributed by atoms with van der Waals surface area (Å²) in [7, 11) is 0. The van der Waals surface area contributed by atoms with Gasteiger partial charge in [0.2, 0.25) is 5.43 Å². The highest BCUT2D eigenvalue weighted by atomic mass is 35.5. The molecule has 0 saturated carbocycles. The van der Waals surface area contributed by atoms with Crippen molar-refractivity contribution < 1.29 is 9.32 Å². The highest BCUT2D eigenvalue weighted by Gasteiger charge is 2.22. The highest BCUT2D eigenvalue weighted by Crippen LogP contribution is 2.19. The van der Waals surface area contributed by atoms with Crippen LogP contribution < -0.4 is 15.2 Å². The summed E-state index contributed by atoms with van der Waals surface area (Å²) in [5, 5.41) is 1.45. The molecule has 1 saturated heterocycles. The first kappa shape index (κ1) is 17.1. The summed E-state index contributed by atoms with van der Waals surface area (Å²) < 4.78 is 5.69. The zero-order valence-electron chi connectivity index (χ0n) is 14.8. The third-order valence-electron chi connectivity index (χ3n) is 5.08. The number of nitrogens with zero attached hydrogens (tertiary/aromatic N) is 1. The van der Waals surface area contributed by atoms with Crippen LogP contribution in [0.25, 0.3) is 11.0 Å². The number of hydrogen-bond acceptors (Lipinski definition) is 3. The van der Waals surface area contributed by atoms with Crippen LogP contribution in [-0.4, -0.2) is 26.2 Å². The molecule has 134 valence electrons. The van der Waals surface area contributed by atoms with Crippen LogP contribution in [0.2, 0.25) is 5.02 Å². The molecule has 1 aromatic heterocycles. The van der Waals surface area contributed by atoms with Gasteiger partial charge in [-0.2, -0.15) is 0 Å². The minimum atomic E-state index is 0.0970. The van der Waals surface area contributed by atoms with Crippen molar-refractivity contribution >= 4 is 28.3 Å². The van der Waals surface area contributed by atoms with Gasteiger partial charge in [0.25, 0.3) is 0 Å². The van der Waals surface area contributed by atoms with E-state index in [1.165, 1.54) is 4.90 Å². The number of benzene rings is 2. The lowest BCUT2D eigenvalue weighted by molar-refractivity contribution is -0.914. The van der Waals surface area contributed by atoms with Gasteiger partial charge in [-0.25, -0.2) is 0 Å². The SMILES string of the molecule is Cc1ccc2occ(C[NH+]3CCN(c4cccc(Cl)c4)CC3)c(=O)c2c1. The molecule has 1 fully saturated rings. The van der Waals surface area contributed by atoms with Crippen LogP contribution in [-0.2, 0) is 6.54 Å². The van der Waals surface area contributed by atoms with Gasteiger partial charge in [0, 0.05) is 10.7 Å². The third kappa shape index (κ3) is 3.48. The molecule has 4 nitrogen and oxygen atoms in total. The maximum atomic E-state index is 12.8. The number of quaternary nitrogens is 1. The summed E-state index contributed by atoms with van der Waals surface area (Å²) in [5.41, 5.74) is 3.75. The monoisotopic (exact) mass is 369 g/mol. The number of fused-ring (bicyclic) bond motifs is 1. The molecule has 3 aromatic rings. The Morgan fingerprint density at radius 1 is 1.15 bits per heavy atom. The number of hydrogen-bond donors (Lipinski definition) is 1. The molecule has 26 heavy (non-hydrogen) atoms. The summed E-state index contributed by atoms with van der Waals surface area (Å²) in [5.74, 6) is 0. The van der Waals surface area contributed by atoms with E-state index in [0.717, 1.165) is 48.0 Å². The van der Waals surface area contributed by atoms with E-state index in [0.29, 0.717) is 17.5 Å². The molecular weight excluding hydrogens is 348 g/mol. The Hall–Kier alpha value is -2.30. The molecule has 1 N–H and O–H groups in total. The zero-order valence-corrected chi connectivity index (χ0v) is 15.6. The van der Waals surface area contributed by atoms with Crippen molar-refractivity contribution in [2.24, 2.45) is 0 Å². The summed E-state index contributed by atoms with van der Waals surface area (Å²) in [6, 6.07) is 13.7. The minimum absolute atomic E-state index is 0.0970. The summed E-state index contributed by atoms with van der Waals surface area (Å²) in [6.45, 7) is 6.57. The standard InChI is InChI=1S/C21H21ClN2O2/c1-15-5-6-20-19(11-15)21(25)16(14-26-20)13-23-7-9-24(10-8-23)18-4-2-3-17(22)12-18/h2-6,11-12,14H,7-10,13H2,1H3/p+1. The first-order valence-electron chi connectivity index (χ1n) is 8.95. The molecule has 0 bridgehead atoms. The van der Waals surface area contributed by atoms with Crippen LogP contribution >= 0.6 is 11.6 Å². The van der Waals surface area contributed by atoms with Gasteiger partial charge in [-0.1, -0.05) is 29.3 Å². The van der Waals surface area contributed by atoms with E-state index in [9.17, 15) is 4.79 Å². The minimum Gasteiger partial charge on any atom is -0.464 e. The first-order valence-corrected chi connectivity index (χ1v) is 9.33. The smallest absolute Gasteiger partial charge is 0.201 e. The van der Waals surface area contributed by atoms with Crippen LogP contribution in [0.5, 0.6) is 0 Å². The Bertz CT molecular complexity index is 991. The molecule has 0 unspecified atom stereocenters. The van der Waals surface area contributed by atoms with Gasteiger partial charge in [0.15, 0.2) is 0 Å². The number of piperazine rings is 1. The van der Waals surface area contributed by atoms with Gasteiger partial charge >= 0.3 is 0 Å². The maximum Gasteiger partial charge on any atom is 0.201 e. The molecule has 0 aliphatic carbocycles. The Balaban J connectivity index is 1.47. The van der Waals surface area contributed by atoms with Crippen LogP contribution in [0, 0.1) is 6.92 Å². The fourth-order valence-electron chi connectivity index (χ4n) is 3.61. The first-order chi connectivity index (χ1) is 12.6. The van der Waals surface area contributed by atoms with Gasteiger partial charge < -0.3 is 14.2 Å². The van der Waals surface area contributed by atoms with Crippen LogP contribution in [0.1, 0.15) is 11.1 Å². The van der Waals surface area contributed by atoms with E-state index in [1.807, 2.05) is 43.3 Å². The Kier molecular flexibility index (Phi) is 4.70. The number of aryl methyl sites for hydroxylation is 1. The predicted octanol–water partition coefficient (Wildman–Crippen LogP) is 2.66. The maximum absolute atomic E-state index is 12.8. The van der Waals surface area contributed by atoms with Gasteiger partial charge in [0.1, 0.15) is 18.4 Å². The van der Waals surface area contributed by atoms with Crippen molar-refractivity contribution in [2.75, 3.05) is 31.1 Å². The fourth-order valence-corrected chi connectivity index (χ4v) is 3.79. The van der Waals surface area contributed by atoms with Gasteiger partial charge in [-0.3, -0.25) is 4.79 Å². The van der Waals surface area contributed by atoms with Crippen molar-refractivity contribution in [3.63, 3.8) is 0 Å². The lowest BCUT2D eigenvalue weighted by atomic mass is 10.1. The molecule has 5 heteroatoms. The second kappa shape index (κ2) is 7.14. The van der Waals surface area contributed by atoms with E-state index in [2.05, 4.69) is 11.0 Å². The molecule has 2 heterocycles. The van der Waals surface area contributed by atoms with Crippen molar-refractivity contribution in [1.82, 2.24) is 0 Å². The second-order valence-electron chi connectivity index (χ2n) is 6.98. The highest BCUT2D eigenvalue weighted by molar-refractivity contribution is 6.30. The Morgan fingerprint density at radius 2 is 1.96 bits per heavy atom. The zero-order chi connectivity index (χ0) is 18.1. The topological polar surface area (TPSA) is 37.9 Å². The quantitative estimate of drug-likeness (QED) is 0.771. The molecule has 0 atom stereocenters. The molecule has 2 aromatic carbocycles. The number of nitrogens with one attached hydrogen (secondary N) is 1. The van der Waals surface area contributed by atoms with Crippen LogP contribution in [0.4, 0.5) is 5.69 Å². The molecule has 0 radical (unpaired) electrons. The molecular formula is C21H22ClN2O2+. The van der Waals surface area contributed by atoms with Crippen LogP contribution in [0.3, 0.4) is 0 Å². The van der Waals surface area contributed by atoms with E-state index in [1.54, 1.807) is 6.26 Å². The van der Waals surface area contributed by atoms with Gasteiger partial charge in [-0.15, -0.1) is 0 Å². The third-order valence-corrected chi connectivity index (χ3v) is 5.32. The van der Waals surface area contributed by atoms with Crippen LogP contribution in [0.15, 0.2) is 57.9 Å². The average Bonchev–Trinajstić information content (AvgIpc) is 2.65. The lowest BCUT2D eigenvalue weighted by Crippen LogP contribution is -3.13. The van der Waals surface area contributed by atoms with E-state index in [-0.39, 0.29) is 5.43 Å². The normalized spacial score (nSPS) is 15.5. The number of rotatable bonds is 3. The largest absolute Gasteiger partial charge is 0.464 e. The van der Waals surface area contributed by atoms with E-state index in [4.69, 9.17) is 16.0 Å². The van der Waals surface area contributed by atoms with Crippen molar-refractivity contribution in [3.05, 3.63) is 75.1 Å².